The standard InChI is InChI=1S/C7H4ClN3O3/c1-13-7(12)5-4-6(14-11-5)9-2-3(8)10-4/h2H,1H3. The third-order valence-electron chi connectivity index (χ3n) is 1.54. The van der Waals surface area contributed by atoms with Crippen molar-refractivity contribution in [3.05, 3.63) is 17.0 Å². The van der Waals surface area contributed by atoms with E-state index in [0.717, 1.165) is 0 Å². The Bertz CT molecular complexity index is 496. The maximum absolute atomic E-state index is 11.1. The summed E-state index contributed by atoms with van der Waals surface area (Å²) >= 11 is 5.60. The second kappa shape index (κ2) is 3.22. The average molecular weight is 214 g/mol. The molecule has 0 fully saturated rings. The predicted octanol–water partition coefficient (Wildman–Crippen LogP) is 1.06. The van der Waals surface area contributed by atoms with Gasteiger partial charge in [-0.1, -0.05) is 16.8 Å². The van der Waals surface area contributed by atoms with Crippen LogP contribution in [0.4, 0.5) is 0 Å². The van der Waals surface area contributed by atoms with Gasteiger partial charge in [0, 0.05) is 0 Å². The number of nitrogens with zero attached hydrogens (tertiary/aromatic N) is 3. The van der Waals surface area contributed by atoms with Crippen LogP contribution in [-0.2, 0) is 4.74 Å². The van der Waals surface area contributed by atoms with Gasteiger partial charge in [0.25, 0.3) is 5.71 Å². The van der Waals surface area contributed by atoms with Gasteiger partial charge in [-0.3, -0.25) is 0 Å². The summed E-state index contributed by atoms with van der Waals surface area (Å²) in [6.45, 7) is 0. The predicted molar refractivity (Wildman–Crippen MR) is 45.9 cm³/mol. The minimum atomic E-state index is -0.639. The summed E-state index contributed by atoms with van der Waals surface area (Å²) < 4.78 is 9.21. The third-order valence-corrected chi connectivity index (χ3v) is 1.72. The molecule has 0 aliphatic rings. The molecule has 0 saturated heterocycles. The maximum Gasteiger partial charge on any atom is 0.362 e. The van der Waals surface area contributed by atoms with Crippen LogP contribution in [-0.4, -0.2) is 28.2 Å². The van der Waals surface area contributed by atoms with Crippen LogP contribution < -0.4 is 0 Å². The van der Waals surface area contributed by atoms with Gasteiger partial charge in [0.1, 0.15) is 5.15 Å². The number of fused-ring (bicyclic) bond motifs is 1. The number of hydrogen-bond donors (Lipinski definition) is 0. The Labute approximate surface area is 82.8 Å². The van der Waals surface area contributed by atoms with Crippen LogP contribution in [0.1, 0.15) is 10.5 Å². The second-order valence-electron chi connectivity index (χ2n) is 2.37. The smallest absolute Gasteiger partial charge is 0.362 e. The number of aromatic nitrogens is 3. The monoisotopic (exact) mass is 213 g/mol. The lowest BCUT2D eigenvalue weighted by Gasteiger charge is -1.92. The number of halogens is 1. The molecule has 0 amide bonds. The third kappa shape index (κ3) is 1.29. The highest BCUT2D eigenvalue weighted by Gasteiger charge is 2.18. The molecule has 72 valence electrons. The Morgan fingerprint density at radius 3 is 3.14 bits per heavy atom. The Balaban J connectivity index is 2.67. The molecular formula is C7H4ClN3O3. The van der Waals surface area contributed by atoms with Crippen molar-refractivity contribution in [2.24, 2.45) is 0 Å². The largest absolute Gasteiger partial charge is 0.464 e. The zero-order valence-electron chi connectivity index (χ0n) is 7.02. The molecule has 0 aliphatic carbocycles. The number of carbonyl (C=O) groups excluding carboxylic acids is 1. The number of esters is 1. The molecule has 2 rings (SSSR count). The molecule has 0 aliphatic heterocycles. The molecule has 0 spiro atoms. The second-order valence-corrected chi connectivity index (χ2v) is 2.76. The van der Waals surface area contributed by atoms with Crippen molar-refractivity contribution in [2.75, 3.05) is 7.11 Å². The lowest BCUT2D eigenvalue weighted by molar-refractivity contribution is 0.0591. The highest BCUT2D eigenvalue weighted by molar-refractivity contribution is 6.29. The minimum absolute atomic E-state index is 0.0301. The van der Waals surface area contributed by atoms with Crippen molar-refractivity contribution < 1.29 is 14.1 Å². The molecule has 2 aromatic rings. The zero-order valence-corrected chi connectivity index (χ0v) is 7.78. The van der Waals surface area contributed by atoms with Crippen LogP contribution in [0.3, 0.4) is 0 Å². The van der Waals surface area contributed by atoms with Crippen molar-refractivity contribution in [3.63, 3.8) is 0 Å². The van der Waals surface area contributed by atoms with E-state index >= 15 is 0 Å². The Morgan fingerprint density at radius 1 is 1.64 bits per heavy atom. The molecule has 0 N–H and O–H groups in total. The van der Waals surface area contributed by atoms with E-state index in [-0.39, 0.29) is 22.1 Å². The van der Waals surface area contributed by atoms with E-state index in [0.29, 0.717) is 0 Å². The van der Waals surface area contributed by atoms with Crippen molar-refractivity contribution in [2.45, 2.75) is 0 Å². The number of carbonyl (C=O) groups is 1. The fourth-order valence-corrected chi connectivity index (χ4v) is 1.07. The minimum Gasteiger partial charge on any atom is -0.464 e. The van der Waals surface area contributed by atoms with E-state index in [9.17, 15) is 4.79 Å². The van der Waals surface area contributed by atoms with E-state index in [1.165, 1.54) is 13.3 Å². The summed E-state index contributed by atoms with van der Waals surface area (Å²) in [6, 6.07) is 0. The summed E-state index contributed by atoms with van der Waals surface area (Å²) in [7, 11) is 1.24. The van der Waals surface area contributed by atoms with Crippen molar-refractivity contribution in [1.29, 1.82) is 0 Å². The molecule has 7 heteroatoms. The van der Waals surface area contributed by atoms with Gasteiger partial charge in [0.2, 0.25) is 5.69 Å². The van der Waals surface area contributed by atoms with Crippen LogP contribution in [0, 0.1) is 0 Å². The molecule has 0 saturated carbocycles. The Kier molecular flexibility index (Phi) is 2.05. The lowest BCUT2D eigenvalue weighted by Crippen LogP contribution is -2.02. The Hall–Kier alpha value is -1.69. The summed E-state index contributed by atoms with van der Waals surface area (Å²) in [6.07, 6.45) is 1.30. The molecule has 2 aromatic heterocycles. The fraction of sp³-hybridized carbons (Fsp3) is 0.143. The number of rotatable bonds is 1. The molecule has 0 bridgehead atoms. The molecule has 0 unspecified atom stereocenters. The number of ether oxygens (including phenoxy) is 1. The number of hydrogen-bond acceptors (Lipinski definition) is 6. The highest BCUT2D eigenvalue weighted by Crippen LogP contribution is 2.16. The molecule has 6 nitrogen and oxygen atoms in total. The van der Waals surface area contributed by atoms with Crippen LogP contribution in [0.15, 0.2) is 10.7 Å². The first-order chi connectivity index (χ1) is 6.72. The summed E-state index contributed by atoms with van der Waals surface area (Å²) in [5.74, 6) is -0.639. The normalized spacial score (nSPS) is 10.4. The molecule has 2 heterocycles. The first-order valence-electron chi connectivity index (χ1n) is 3.58. The topological polar surface area (TPSA) is 78.1 Å². The number of methoxy groups -OCH3 is 1. The van der Waals surface area contributed by atoms with Gasteiger partial charge >= 0.3 is 5.97 Å². The van der Waals surface area contributed by atoms with Gasteiger partial charge in [-0.05, 0) is 0 Å². The van der Waals surface area contributed by atoms with Gasteiger partial charge in [0.05, 0.1) is 13.3 Å². The molecular weight excluding hydrogens is 210 g/mol. The van der Waals surface area contributed by atoms with Crippen LogP contribution in [0.5, 0.6) is 0 Å². The summed E-state index contributed by atoms with van der Waals surface area (Å²) in [5.41, 5.74) is 0.316. The van der Waals surface area contributed by atoms with Crippen LogP contribution in [0.25, 0.3) is 11.2 Å². The quantitative estimate of drug-likeness (QED) is 0.659. The lowest BCUT2D eigenvalue weighted by atomic mass is 10.4. The van der Waals surface area contributed by atoms with Crippen molar-refractivity contribution in [1.82, 2.24) is 15.1 Å². The van der Waals surface area contributed by atoms with E-state index in [4.69, 9.17) is 16.1 Å². The van der Waals surface area contributed by atoms with Gasteiger partial charge in [0.15, 0.2) is 5.52 Å². The van der Waals surface area contributed by atoms with Gasteiger partial charge in [-0.2, -0.15) is 0 Å². The van der Waals surface area contributed by atoms with Gasteiger partial charge in [-0.15, -0.1) is 0 Å². The van der Waals surface area contributed by atoms with E-state index in [2.05, 4.69) is 19.9 Å². The van der Waals surface area contributed by atoms with Crippen molar-refractivity contribution in [3.8, 4) is 0 Å². The van der Waals surface area contributed by atoms with E-state index < -0.39 is 5.97 Å². The van der Waals surface area contributed by atoms with Crippen molar-refractivity contribution >= 4 is 28.8 Å². The molecule has 0 atom stereocenters. The Morgan fingerprint density at radius 2 is 2.43 bits per heavy atom. The molecule has 0 aromatic carbocycles. The van der Waals surface area contributed by atoms with E-state index in [1.54, 1.807) is 0 Å². The molecule has 14 heavy (non-hydrogen) atoms. The first-order valence-corrected chi connectivity index (χ1v) is 3.96. The summed E-state index contributed by atoms with van der Waals surface area (Å²) in [4.78, 5) is 18.8. The van der Waals surface area contributed by atoms with Crippen LogP contribution >= 0.6 is 11.6 Å². The first kappa shape index (κ1) is 8.89. The van der Waals surface area contributed by atoms with Gasteiger partial charge < -0.3 is 9.26 Å². The zero-order chi connectivity index (χ0) is 10.1. The maximum atomic E-state index is 11.1. The average Bonchev–Trinajstić information content (AvgIpc) is 2.59. The molecule has 0 radical (unpaired) electrons. The fourth-order valence-electron chi connectivity index (χ4n) is 0.940. The van der Waals surface area contributed by atoms with Gasteiger partial charge in [-0.25, -0.2) is 14.8 Å². The highest BCUT2D eigenvalue weighted by atomic mass is 35.5. The van der Waals surface area contributed by atoms with E-state index in [1.807, 2.05) is 0 Å². The summed E-state index contributed by atoms with van der Waals surface area (Å²) in [5, 5.41) is 3.63. The SMILES string of the molecule is COC(=O)c1noc2ncc(Cl)nc12. The van der Waals surface area contributed by atoms with Crippen LogP contribution in [0.2, 0.25) is 5.15 Å².